The van der Waals surface area contributed by atoms with Gasteiger partial charge in [-0.2, -0.15) is 0 Å². The second-order valence-corrected chi connectivity index (χ2v) is 6.41. The highest BCUT2D eigenvalue weighted by Gasteiger charge is 2.29. The van der Waals surface area contributed by atoms with Crippen LogP contribution in [-0.2, 0) is 11.2 Å². The van der Waals surface area contributed by atoms with Crippen molar-refractivity contribution in [3.8, 4) is 0 Å². The topological polar surface area (TPSA) is 93.3 Å². The molecule has 3 rings (SSSR count). The van der Waals surface area contributed by atoms with E-state index < -0.39 is 16.8 Å². The van der Waals surface area contributed by atoms with E-state index >= 15 is 0 Å². The maximum absolute atomic E-state index is 11.3. The fourth-order valence-corrected chi connectivity index (χ4v) is 3.78. The number of carboxylic acid groups (broad SMARTS) is 1. The minimum atomic E-state index is -0.842. The molecule has 1 atom stereocenters. The van der Waals surface area contributed by atoms with Crippen molar-refractivity contribution in [3.05, 3.63) is 55.5 Å². The molecule has 1 unspecified atom stereocenters. The first-order chi connectivity index (χ1) is 11.1. The molecule has 6 nitrogen and oxygen atoms in total. The molecule has 0 spiro atoms. The van der Waals surface area contributed by atoms with E-state index in [4.69, 9.17) is 0 Å². The Hall–Kier alpha value is -2.54. The first-order valence-electron chi connectivity index (χ1n) is 7.20. The Bertz CT molecular complexity index is 797. The molecule has 1 heterocycles. The molecule has 1 aliphatic rings. The number of aliphatic carboxylic acids is 1. The number of fused-ring (bicyclic) bond motifs is 1. The van der Waals surface area contributed by atoms with Gasteiger partial charge in [-0.3, -0.25) is 14.9 Å². The standard InChI is InChI=1S/C16H14N2O4S/c19-16(20)11-5-3-7-13-15(11)17-14(23-13)9-8-10-4-1-2-6-12(10)18(21)22/h1-2,4,6,8-9,11H,3,5,7H2,(H,19,20)/b9-8+. The number of rotatable bonds is 4. The fourth-order valence-electron chi connectivity index (χ4n) is 2.70. The van der Waals surface area contributed by atoms with Crippen LogP contribution in [0.3, 0.4) is 0 Å². The molecule has 23 heavy (non-hydrogen) atoms. The first kappa shape index (κ1) is 15.4. The van der Waals surface area contributed by atoms with E-state index in [1.807, 2.05) is 0 Å². The molecular formula is C16H14N2O4S. The van der Waals surface area contributed by atoms with Gasteiger partial charge in [-0.15, -0.1) is 11.3 Å². The lowest BCUT2D eigenvalue weighted by molar-refractivity contribution is -0.385. The van der Waals surface area contributed by atoms with Gasteiger partial charge in [-0.05, 0) is 37.5 Å². The number of nitro benzene ring substituents is 1. The Morgan fingerprint density at radius 3 is 2.91 bits per heavy atom. The van der Waals surface area contributed by atoms with Crippen molar-refractivity contribution in [1.82, 2.24) is 4.98 Å². The lowest BCUT2D eigenvalue weighted by atomic mass is 9.91. The van der Waals surface area contributed by atoms with Crippen molar-refractivity contribution in [2.75, 3.05) is 0 Å². The summed E-state index contributed by atoms with van der Waals surface area (Å²) in [6, 6.07) is 6.48. The summed E-state index contributed by atoms with van der Waals surface area (Å²) in [6.45, 7) is 0. The molecule has 0 radical (unpaired) electrons. The van der Waals surface area contributed by atoms with Crippen molar-refractivity contribution in [1.29, 1.82) is 0 Å². The van der Waals surface area contributed by atoms with Gasteiger partial charge in [0, 0.05) is 10.9 Å². The quantitative estimate of drug-likeness (QED) is 0.681. The van der Waals surface area contributed by atoms with Gasteiger partial charge in [0.25, 0.3) is 5.69 Å². The van der Waals surface area contributed by atoms with Crippen LogP contribution < -0.4 is 0 Å². The second-order valence-electron chi connectivity index (χ2n) is 5.29. The lowest BCUT2D eigenvalue weighted by Crippen LogP contribution is -2.17. The number of nitrogens with zero attached hydrogens (tertiary/aromatic N) is 2. The molecule has 7 heteroatoms. The van der Waals surface area contributed by atoms with Gasteiger partial charge in [0.1, 0.15) is 5.01 Å². The largest absolute Gasteiger partial charge is 0.481 e. The van der Waals surface area contributed by atoms with Crippen molar-refractivity contribution >= 4 is 35.1 Å². The van der Waals surface area contributed by atoms with Crippen LogP contribution >= 0.6 is 11.3 Å². The van der Waals surface area contributed by atoms with Crippen LogP contribution in [0.15, 0.2) is 24.3 Å². The third-order valence-corrected chi connectivity index (χ3v) is 4.90. The van der Waals surface area contributed by atoms with Crippen molar-refractivity contribution in [3.63, 3.8) is 0 Å². The summed E-state index contributed by atoms with van der Waals surface area (Å²) in [7, 11) is 0. The van der Waals surface area contributed by atoms with Crippen LogP contribution in [0.4, 0.5) is 5.69 Å². The van der Waals surface area contributed by atoms with Gasteiger partial charge in [0.05, 0.1) is 22.1 Å². The van der Waals surface area contributed by atoms with E-state index in [1.54, 1.807) is 30.4 Å². The molecule has 1 aliphatic carbocycles. The molecule has 1 N–H and O–H groups in total. The fraction of sp³-hybridized carbons (Fsp3) is 0.250. The highest BCUT2D eigenvalue weighted by molar-refractivity contribution is 7.12. The predicted molar refractivity (Wildman–Crippen MR) is 87.5 cm³/mol. The van der Waals surface area contributed by atoms with Crippen LogP contribution in [0.25, 0.3) is 12.2 Å². The summed E-state index contributed by atoms with van der Waals surface area (Å²) in [4.78, 5) is 27.3. The number of thiazole rings is 1. The number of carbonyl (C=O) groups is 1. The Morgan fingerprint density at radius 1 is 1.39 bits per heavy atom. The minimum absolute atomic E-state index is 0.0356. The number of aryl methyl sites for hydroxylation is 1. The average molecular weight is 330 g/mol. The Labute approximate surface area is 136 Å². The van der Waals surface area contributed by atoms with Crippen LogP contribution in [0.1, 0.15) is 39.9 Å². The van der Waals surface area contributed by atoms with E-state index in [2.05, 4.69) is 4.98 Å². The van der Waals surface area contributed by atoms with Gasteiger partial charge in [-0.1, -0.05) is 12.1 Å². The third-order valence-electron chi connectivity index (χ3n) is 3.81. The Kier molecular flexibility index (Phi) is 4.20. The maximum Gasteiger partial charge on any atom is 0.312 e. The number of hydrogen-bond donors (Lipinski definition) is 1. The highest BCUT2D eigenvalue weighted by atomic mass is 32.1. The average Bonchev–Trinajstić information content (AvgIpc) is 2.95. The molecule has 0 amide bonds. The molecule has 2 aromatic rings. The lowest BCUT2D eigenvalue weighted by Gasteiger charge is -2.16. The van der Waals surface area contributed by atoms with Crippen molar-refractivity contribution in [2.24, 2.45) is 0 Å². The number of hydrogen-bond acceptors (Lipinski definition) is 5. The maximum atomic E-state index is 11.3. The molecule has 0 bridgehead atoms. The zero-order valence-corrected chi connectivity index (χ0v) is 13.0. The van der Waals surface area contributed by atoms with Gasteiger partial charge in [0.15, 0.2) is 0 Å². The van der Waals surface area contributed by atoms with E-state index in [-0.39, 0.29) is 5.69 Å². The smallest absolute Gasteiger partial charge is 0.312 e. The van der Waals surface area contributed by atoms with Crippen molar-refractivity contribution in [2.45, 2.75) is 25.2 Å². The number of aromatic nitrogens is 1. The third kappa shape index (κ3) is 3.14. The van der Waals surface area contributed by atoms with Gasteiger partial charge in [-0.25, -0.2) is 4.98 Å². The van der Waals surface area contributed by atoms with E-state index in [1.165, 1.54) is 17.4 Å². The summed E-state index contributed by atoms with van der Waals surface area (Å²) >= 11 is 1.46. The van der Waals surface area contributed by atoms with Gasteiger partial charge < -0.3 is 5.11 Å². The summed E-state index contributed by atoms with van der Waals surface area (Å²) in [5.41, 5.74) is 1.19. The molecule has 0 fully saturated rings. The predicted octanol–water partition coefficient (Wildman–Crippen LogP) is 3.73. The molecule has 0 aliphatic heterocycles. The second kappa shape index (κ2) is 6.29. The summed E-state index contributed by atoms with van der Waals surface area (Å²) in [6.07, 6.45) is 5.66. The van der Waals surface area contributed by atoms with E-state index in [0.29, 0.717) is 22.7 Å². The van der Waals surface area contributed by atoms with E-state index in [0.717, 1.165) is 17.7 Å². The van der Waals surface area contributed by atoms with Crippen LogP contribution in [0.2, 0.25) is 0 Å². The SMILES string of the molecule is O=C(O)C1CCCc2sc(/C=C/c3ccccc3[N+](=O)[O-])nc21. The van der Waals surface area contributed by atoms with E-state index in [9.17, 15) is 20.0 Å². The molecule has 1 aromatic heterocycles. The van der Waals surface area contributed by atoms with Crippen molar-refractivity contribution < 1.29 is 14.8 Å². The van der Waals surface area contributed by atoms with Gasteiger partial charge in [0.2, 0.25) is 0 Å². The Balaban J connectivity index is 1.90. The number of para-hydroxylation sites is 1. The van der Waals surface area contributed by atoms with Gasteiger partial charge >= 0.3 is 5.97 Å². The monoisotopic (exact) mass is 330 g/mol. The normalized spacial score (nSPS) is 17.1. The highest BCUT2D eigenvalue weighted by Crippen LogP contribution is 2.35. The van der Waals surface area contributed by atoms with Crippen LogP contribution in [0, 0.1) is 10.1 Å². The molecule has 1 aromatic carbocycles. The first-order valence-corrected chi connectivity index (χ1v) is 8.02. The number of nitro groups is 1. The molecule has 0 saturated heterocycles. The van der Waals surface area contributed by atoms with Crippen LogP contribution in [0.5, 0.6) is 0 Å². The zero-order valence-electron chi connectivity index (χ0n) is 12.1. The number of benzene rings is 1. The summed E-state index contributed by atoms with van der Waals surface area (Å²) < 4.78 is 0. The van der Waals surface area contributed by atoms with Crippen LogP contribution in [-0.4, -0.2) is 21.0 Å². The minimum Gasteiger partial charge on any atom is -0.481 e. The summed E-state index contributed by atoms with van der Waals surface area (Å²) in [5, 5.41) is 21.0. The molecule has 0 saturated carbocycles. The summed E-state index contributed by atoms with van der Waals surface area (Å²) in [5.74, 6) is -1.38. The number of carboxylic acids is 1. The Morgan fingerprint density at radius 2 is 2.17 bits per heavy atom. The molecule has 118 valence electrons. The zero-order chi connectivity index (χ0) is 16.4. The molecular weight excluding hydrogens is 316 g/mol.